The number of rotatable bonds is 9. The molecule has 3 aromatic rings. The van der Waals surface area contributed by atoms with Gasteiger partial charge in [0.05, 0.1) is 22.8 Å². The van der Waals surface area contributed by atoms with Crippen LogP contribution in [0.2, 0.25) is 0 Å². The second kappa shape index (κ2) is 10.4. The van der Waals surface area contributed by atoms with E-state index >= 15 is 0 Å². The number of carbonyl (C=O) groups is 2. The first kappa shape index (κ1) is 23.4. The summed E-state index contributed by atoms with van der Waals surface area (Å²) in [5, 5.41) is 11.2. The third-order valence-electron chi connectivity index (χ3n) is 4.29. The van der Waals surface area contributed by atoms with Crippen LogP contribution < -0.4 is 20.5 Å². The van der Waals surface area contributed by atoms with Crippen LogP contribution in [0.5, 0.6) is 11.6 Å². The summed E-state index contributed by atoms with van der Waals surface area (Å²) < 4.78 is 32.1. The molecule has 1 heterocycles. The molecule has 0 bridgehead atoms. The van der Waals surface area contributed by atoms with Crippen LogP contribution in [0.15, 0.2) is 71.8 Å². The fourth-order valence-corrected chi connectivity index (χ4v) is 3.69. The highest BCUT2D eigenvalue weighted by Gasteiger charge is 2.14. The van der Waals surface area contributed by atoms with Gasteiger partial charge in [0, 0.05) is 30.2 Å². The lowest BCUT2D eigenvalue weighted by Gasteiger charge is -2.09. The maximum atomic E-state index is 12.4. The van der Waals surface area contributed by atoms with Crippen molar-refractivity contribution in [2.45, 2.75) is 11.3 Å². The van der Waals surface area contributed by atoms with E-state index in [0.29, 0.717) is 17.0 Å². The Balaban J connectivity index is 1.62. The summed E-state index contributed by atoms with van der Waals surface area (Å²) in [5.41, 5.74) is 6.19. The fourth-order valence-electron chi connectivity index (χ4n) is 2.66. The number of nitrogens with one attached hydrogen (secondary N) is 2. The average molecular weight is 465 g/mol. The van der Waals surface area contributed by atoms with Crippen LogP contribution in [0.4, 0.5) is 5.69 Å². The number of hydrogen-bond acceptors (Lipinski definition) is 7. The maximum Gasteiger partial charge on any atom is 0.255 e. The minimum atomic E-state index is -3.75. The van der Waals surface area contributed by atoms with E-state index in [0.717, 1.165) is 0 Å². The molecule has 168 valence electrons. The van der Waals surface area contributed by atoms with Crippen molar-refractivity contribution in [1.82, 2.24) is 9.71 Å². The van der Waals surface area contributed by atoms with Gasteiger partial charge in [-0.15, -0.1) is 0 Å². The minimum Gasteiger partial charge on any atom is -0.439 e. The molecule has 3 rings (SSSR count). The number of hydrogen-bond donors (Lipinski definition) is 3. The molecule has 10 nitrogen and oxygen atoms in total. The van der Waals surface area contributed by atoms with Gasteiger partial charge in [0.15, 0.2) is 0 Å². The number of carbonyl (C=O) groups excluding carboxylic acids is 2. The molecule has 0 aliphatic carbocycles. The Labute approximate surface area is 190 Å². The van der Waals surface area contributed by atoms with Crippen LogP contribution in [-0.2, 0) is 10.0 Å². The number of pyridine rings is 1. The van der Waals surface area contributed by atoms with E-state index in [4.69, 9.17) is 15.7 Å². The standard InChI is InChI=1S/C22H19N5O5S/c23-11-2-12-26-33(30,31)19-8-5-15(6-9-19)22(29)27-17-7-10-20(25-14-17)32-18-4-1-3-16(13-18)21(24)28/h1,3-10,13-14,26H,2,12H2,(H2,24,28)(H,27,29). The van der Waals surface area contributed by atoms with E-state index in [1.165, 1.54) is 42.6 Å². The number of anilines is 1. The zero-order valence-corrected chi connectivity index (χ0v) is 18.0. The monoisotopic (exact) mass is 465 g/mol. The molecular formula is C22H19N5O5S. The molecule has 2 aromatic carbocycles. The van der Waals surface area contributed by atoms with Crippen LogP contribution in [0, 0.1) is 11.3 Å². The molecule has 0 aliphatic rings. The summed E-state index contributed by atoms with van der Waals surface area (Å²) in [7, 11) is -3.75. The van der Waals surface area contributed by atoms with Gasteiger partial charge >= 0.3 is 0 Å². The number of benzene rings is 2. The molecule has 1 aromatic heterocycles. The fraction of sp³-hybridized carbons (Fsp3) is 0.0909. The van der Waals surface area contributed by atoms with Crippen molar-refractivity contribution in [3.8, 4) is 17.7 Å². The smallest absolute Gasteiger partial charge is 0.255 e. The van der Waals surface area contributed by atoms with E-state index in [1.807, 2.05) is 6.07 Å². The largest absolute Gasteiger partial charge is 0.439 e. The SMILES string of the molecule is N#CCCNS(=O)(=O)c1ccc(C(=O)Nc2ccc(Oc3cccc(C(N)=O)c3)nc2)cc1. The third-order valence-corrected chi connectivity index (χ3v) is 5.77. The predicted octanol–water partition coefficient (Wildman–Crippen LogP) is 2.42. The van der Waals surface area contributed by atoms with Gasteiger partial charge in [-0.05, 0) is 48.5 Å². The molecule has 0 aliphatic heterocycles. The first-order valence-electron chi connectivity index (χ1n) is 9.60. The Morgan fingerprint density at radius 3 is 2.45 bits per heavy atom. The number of amides is 2. The van der Waals surface area contributed by atoms with Crippen molar-refractivity contribution in [1.29, 1.82) is 5.26 Å². The van der Waals surface area contributed by atoms with E-state index in [1.54, 1.807) is 24.3 Å². The summed E-state index contributed by atoms with van der Waals surface area (Å²) in [6.45, 7) is 0.00432. The van der Waals surface area contributed by atoms with Crippen LogP contribution in [0.3, 0.4) is 0 Å². The van der Waals surface area contributed by atoms with Crippen LogP contribution in [-0.4, -0.2) is 31.8 Å². The Morgan fingerprint density at radius 1 is 1.06 bits per heavy atom. The lowest BCUT2D eigenvalue weighted by Crippen LogP contribution is -2.24. The van der Waals surface area contributed by atoms with Gasteiger partial charge in [-0.3, -0.25) is 9.59 Å². The van der Waals surface area contributed by atoms with Gasteiger partial charge in [0.1, 0.15) is 5.75 Å². The first-order valence-corrected chi connectivity index (χ1v) is 11.1. The highest BCUT2D eigenvalue weighted by molar-refractivity contribution is 7.89. The molecule has 0 saturated carbocycles. The molecule has 4 N–H and O–H groups in total. The second-order valence-corrected chi connectivity index (χ2v) is 8.43. The number of sulfonamides is 1. The third kappa shape index (κ3) is 6.36. The number of primary amides is 1. The first-order chi connectivity index (χ1) is 15.8. The molecule has 0 unspecified atom stereocenters. The van der Waals surface area contributed by atoms with E-state index in [-0.39, 0.29) is 29.3 Å². The quantitative estimate of drug-likeness (QED) is 0.408. The van der Waals surface area contributed by atoms with Crippen molar-refractivity contribution in [2.24, 2.45) is 5.73 Å². The zero-order valence-electron chi connectivity index (χ0n) is 17.2. The van der Waals surface area contributed by atoms with Gasteiger partial charge in [-0.2, -0.15) is 5.26 Å². The summed E-state index contributed by atoms with van der Waals surface area (Å²) in [6, 6.07) is 16.7. The highest BCUT2D eigenvalue weighted by Crippen LogP contribution is 2.22. The van der Waals surface area contributed by atoms with Gasteiger partial charge in [-0.1, -0.05) is 6.07 Å². The lowest BCUT2D eigenvalue weighted by atomic mass is 10.2. The molecule has 33 heavy (non-hydrogen) atoms. The molecule has 0 spiro atoms. The van der Waals surface area contributed by atoms with Crippen molar-refractivity contribution >= 4 is 27.5 Å². The Hall–Kier alpha value is -4.27. The van der Waals surface area contributed by atoms with E-state index in [2.05, 4.69) is 15.0 Å². The molecular weight excluding hydrogens is 446 g/mol. The summed E-state index contributed by atoms with van der Waals surface area (Å²) >= 11 is 0. The summed E-state index contributed by atoms with van der Waals surface area (Å²) in [5.74, 6) is -0.408. The zero-order chi connectivity index (χ0) is 23.8. The Morgan fingerprint density at radius 2 is 1.82 bits per heavy atom. The molecule has 2 amide bonds. The number of aromatic nitrogens is 1. The maximum absolute atomic E-state index is 12.4. The summed E-state index contributed by atoms with van der Waals surface area (Å²) in [6.07, 6.45) is 1.44. The van der Waals surface area contributed by atoms with Crippen molar-refractivity contribution in [2.75, 3.05) is 11.9 Å². The van der Waals surface area contributed by atoms with E-state index in [9.17, 15) is 18.0 Å². The minimum absolute atomic E-state index is 0.00432. The normalized spacial score (nSPS) is 10.8. The topological polar surface area (TPSA) is 164 Å². The van der Waals surface area contributed by atoms with Crippen LogP contribution >= 0.6 is 0 Å². The Bertz CT molecular complexity index is 1300. The Kier molecular flexibility index (Phi) is 7.34. The van der Waals surface area contributed by atoms with Crippen molar-refractivity contribution in [3.05, 3.63) is 78.0 Å². The van der Waals surface area contributed by atoms with Crippen molar-refractivity contribution in [3.63, 3.8) is 0 Å². The number of nitriles is 1. The number of ether oxygens (including phenoxy) is 1. The van der Waals surface area contributed by atoms with Gasteiger partial charge < -0.3 is 15.8 Å². The predicted molar refractivity (Wildman–Crippen MR) is 119 cm³/mol. The highest BCUT2D eigenvalue weighted by atomic mass is 32.2. The number of nitrogens with two attached hydrogens (primary N) is 1. The average Bonchev–Trinajstić information content (AvgIpc) is 2.80. The molecule has 0 atom stereocenters. The van der Waals surface area contributed by atoms with Gasteiger partial charge in [0.2, 0.25) is 21.8 Å². The summed E-state index contributed by atoms with van der Waals surface area (Å²) in [4.78, 5) is 27.8. The molecule has 0 radical (unpaired) electrons. The van der Waals surface area contributed by atoms with Gasteiger partial charge in [-0.25, -0.2) is 18.1 Å². The second-order valence-electron chi connectivity index (χ2n) is 6.66. The van der Waals surface area contributed by atoms with E-state index < -0.39 is 21.8 Å². The van der Waals surface area contributed by atoms with Crippen molar-refractivity contribution < 1.29 is 22.7 Å². The molecule has 0 fully saturated rings. The van der Waals surface area contributed by atoms with Crippen LogP contribution in [0.1, 0.15) is 27.1 Å². The lowest BCUT2D eigenvalue weighted by molar-refractivity contribution is 0.0997. The molecule has 0 saturated heterocycles. The number of nitrogens with zero attached hydrogens (tertiary/aromatic N) is 2. The molecule has 11 heteroatoms. The van der Waals surface area contributed by atoms with Gasteiger partial charge in [0.25, 0.3) is 5.91 Å². The van der Waals surface area contributed by atoms with Crippen LogP contribution in [0.25, 0.3) is 0 Å².